The minimum absolute atomic E-state index is 0.0373. The standard InChI is InChI=1S/C19H27N3O3/c1-2-25-16-7-5-15(6-8-16)14-22-12-9-20-19(24)17(22)13-18(23)21-10-3-4-11-21/h5-8,17H,2-4,9-14H2,1H3,(H,20,24)/t17-/m0/s1. The molecule has 6 heteroatoms. The highest BCUT2D eigenvalue weighted by Crippen LogP contribution is 2.19. The summed E-state index contributed by atoms with van der Waals surface area (Å²) in [6.07, 6.45) is 2.40. The van der Waals surface area contributed by atoms with Crippen LogP contribution in [0, 0.1) is 0 Å². The molecule has 25 heavy (non-hydrogen) atoms. The molecule has 0 aliphatic carbocycles. The van der Waals surface area contributed by atoms with Crippen molar-refractivity contribution in [2.75, 3.05) is 32.8 Å². The van der Waals surface area contributed by atoms with E-state index >= 15 is 0 Å². The normalized spacial score (nSPS) is 21.2. The van der Waals surface area contributed by atoms with Crippen LogP contribution in [0.3, 0.4) is 0 Å². The van der Waals surface area contributed by atoms with Gasteiger partial charge >= 0.3 is 0 Å². The molecule has 2 heterocycles. The molecule has 136 valence electrons. The van der Waals surface area contributed by atoms with Crippen molar-refractivity contribution in [3.63, 3.8) is 0 Å². The van der Waals surface area contributed by atoms with Crippen molar-refractivity contribution in [3.8, 4) is 5.75 Å². The lowest BCUT2D eigenvalue weighted by molar-refractivity contribution is -0.138. The Morgan fingerprint density at radius 2 is 1.92 bits per heavy atom. The predicted molar refractivity (Wildman–Crippen MR) is 95.2 cm³/mol. The van der Waals surface area contributed by atoms with Crippen LogP contribution in [0.4, 0.5) is 0 Å². The number of carbonyl (C=O) groups is 2. The van der Waals surface area contributed by atoms with Gasteiger partial charge in [-0.05, 0) is 37.5 Å². The van der Waals surface area contributed by atoms with Gasteiger partial charge in [-0.25, -0.2) is 0 Å². The Labute approximate surface area is 149 Å². The van der Waals surface area contributed by atoms with Gasteiger partial charge in [0, 0.05) is 32.7 Å². The van der Waals surface area contributed by atoms with Crippen molar-refractivity contribution < 1.29 is 14.3 Å². The van der Waals surface area contributed by atoms with Crippen molar-refractivity contribution in [2.45, 2.75) is 38.8 Å². The molecule has 6 nitrogen and oxygen atoms in total. The second-order valence-corrected chi connectivity index (χ2v) is 6.65. The fraction of sp³-hybridized carbons (Fsp3) is 0.579. The third-order valence-corrected chi connectivity index (χ3v) is 4.89. The minimum Gasteiger partial charge on any atom is -0.494 e. The van der Waals surface area contributed by atoms with Crippen molar-refractivity contribution in [3.05, 3.63) is 29.8 Å². The zero-order valence-corrected chi connectivity index (χ0v) is 14.9. The molecular weight excluding hydrogens is 318 g/mol. The number of benzene rings is 1. The first-order valence-electron chi connectivity index (χ1n) is 9.18. The maximum absolute atomic E-state index is 12.5. The van der Waals surface area contributed by atoms with Gasteiger partial charge in [-0.15, -0.1) is 0 Å². The first kappa shape index (κ1) is 17.7. The number of hydrogen-bond donors (Lipinski definition) is 1. The van der Waals surface area contributed by atoms with E-state index in [1.807, 2.05) is 36.1 Å². The Morgan fingerprint density at radius 3 is 2.60 bits per heavy atom. The predicted octanol–water partition coefficient (Wildman–Crippen LogP) is 1.40. The third-order valence-electron chi connectivity index (χ3n) is 4.89. The van der Waals surface area contributed by atoms with Crippen LogP contribution in [0.2, 0.25) is 0 Å². The lowest BCUT2D eigenvalue weighted by Crippen LogP contribution is -2.56. The van der Waals surface area contributed by atoms with Crippen LogP contribution in [0.25, 0.3) is 0 Å². The Kier molecular flexibility index (Phi) is 5.91. The summed E-state index contributed by atoms with van der Waals surface area (Å²) < 4.78 is 5.47. The van der Waals surface area contributed by atoms with Gasteiger partial charge in [-0.1, -0.05) is 12.1 Å². The van der Waals surface area contributed by atoms with Gasteiger partial charge in [-0.2, -0.15) is 0 Å². The summed E-state index contributed by atoms with van der Waals surface area (Å²) in [5, 5.41) is 2.90. The summed E-state index contributed by atoms with van der Waals surface area (Å²) in [7, 11) is 0. The average Bonchev–Trinajstić information content (AvgIpc) is 3.14. The number of piperazine rings is 1. The van der Waals surface area contributed by atoms with E-state index in [-0.39, 0.29) is 24.3 Å². The number of nitrogens with zero attached hydrogens (tertiary/aromatic N) is 2. The van der Waals surface area contributed by atoms with Crippen LogP contribution in [0.1, 0.15) is 31.7 Å². The highest BCUT2D eigenvalue weighted by Gasteiger charge is 2.33. The molecule has 2 aliphatic heterocycles. The molecule has 1 aromatic rings. The summed E-state index contributed by atoms with van der Waals surface area (Å²) >= 11 is 0. The minimum atomic E-state index is -0.381. The number of nitrogens with one attached hydrogen (secondary N) is 1. The van der Waals surface area contributed by atoms with Gasteiger partial charge in [0.05, 0.1) is 19.1 Å². The Balaban J connectivity index is 1.64. The topological polar surface area (TPSA) is 61.9 Å². The molecule has 2 saturated heterocycles. The average molecular weight is 345 g/mol. The third kappa shape index (κ3) is 4.51. The molecule has 2 amide bonds. The molecular formula is C19H27N3O3. The van der Waals surface area contributed by atoms with Crippen molar-refractivity contribution in [2.24, 2.45) is 0 Å². The number of rotatable bonds is 6. The first-order valence-corrected chi connectivity index (χ1v) is 9.18. The molecule has 1 atom stereocenters. The molecule has 0 saturated carbocycles. The molecule has 0 bridgehead atoms. The SMILES string of the molecule is CCOc1ccc(CN2CCNC(=O)[C@@H]2CC(=O)N2CCCC2)cc1. The Bertz CT molecular complexity index is 596. The summed E-state index contributed by atoms with van der Waals surface area (Å²) in [6, 6.07) is 7.57. The van der Waals surface area contributed by atoms with E-state index in [0.717, 1.165) is 43.8 Å². The largest absolute Gasteiger partial charge is 0.494 e. The molecule has 0 unspecified atom stereocenters. The van der Waals surface area contributed by atoms with Crippen LogP contribution in [0.5, 0.6) is 5.75 Å². The maximum atomic E-state index is 12.5. The first-order chi connectivity index (χ1) is 12.2. The van der Waals surface area contributed by atoms with E-state index < -0.39 is 0 Å². The van der Waals surface area contributed by atoms with Crippen LogP contribution in [-0.4, -0.2) is 60.4 Å². The Hall–Kier alpha value is -2.08. The van der Waals surface area contributed by atoms with E-state index in [2.05, 4.69) is 10.2 Å². The number of amides is 2. The number of likely N-dealkylation sites (tertiary alicyclic amines) is 1. The highest BCUT2D eigenvalue weighted by molar-refractivity contribution is 5.88. The fourth-order valence-corrected chi connectivity index (χ4v) is 3.53. The molecule has 0 spiro atoms. The monoisotopic (exact) mass is 345 g/mol. The van der Waals surface area contributed by atoms with Gasteiger partial charge in [0.2, 0.25) is 11.8 Å². The zero-order valence-electron chi connectivity index (χ0n) is 14.9. The quantitative estimate of drug-likeness (QED) is 0.847. The zero-order chi connectivity index (χ0) is 17.6. The molecule has 2 fully saturated rings. The number of ether oxygens (including phenoxy) is 1. The molecule has 0 radical (unpaired) electrons. The van der Waals surface area contributed by atoms with Gasteiger partial charge in [-0.3, -0.25) is 14.5 Å². The lowest BCUT2D eigenvalue weighted by Gasteiger charge is -2.35. The number of carbonyl (C=O) groups excluding carboxylic acids is 2. The molecule has 0 aromatic heterocycles. The van der Waals surface area contributed by atoms with E-state index in [9.17, 15) is 9.59 Å². The second-order valence-electron chi connectivity index (χ2n) is 6.65. The molecule has 1 N–H and O–H groups in total. The maximum Gasteiger partial charge on any atom is 0.237 e. The van der Waals surface area contributed by atoms with Crippen LogP contribution in [-0.2, 0) is 16.1 Å². The van der Waals surface area contributed by atoms with Crippen molar-refractivity contribution in [1.82, 2.24) is 15.1 Å². The van der Waals surface area contributed by atoms with E-state index in [4.69, 9.17) is 4.74 Å². The fourth-order valence-electron chi connectivity index (χ4n) is 3.53. The van der Waals surface area contributed by atoms with Gasteiger partial charge in [0.1, 0.15) is 5.75 Å². The molecule has 1 aromatic carbocycles. The highest BCUT2D eigenvalue weighted by atomic mass is 16.5. The number of hydrogen-bond acceptors (Lipinski definition) is 4. The smallest absolute Gasteiger partial charge is 0.237 e. The summed E-state index contributed by atoms with van der Waals surface area (Å²) in [5.41, 5.74) is 1.12. The van der Waals surface area contributed by atoms with Crippen LogP contribution in [0.15, 0.2) is 24.3 Å². The lowest BCUT2D eigenvalue weighted by atomic mass is 10.1. The summed E-state index contributed by atoms with van der Waals surface area (Å²) in [5.74, 6) is 0.907. The van der Waals surface area contributed by atoms with Gasteiger partial charge in [0.25, 0.3) is 0 Å². The second kappa shape index (κ2) is 8.34. The van der Waals surface area contributed by atoms with Gasteiger partial charge < -0.3 is 15.0 Å². The Morgan fingerprint density at radius 1 is 1.20 bits per heavy atom. The van der Waals surface area contributed by atoms with Crippen LogP contribution >= 0.6 is 0 Å². The van der Waals surface area contributed by atoms with Crippen molar-refractivity contribution >= 4 is 11.8 Å². The van der Waals surface area contributed by atoms with Crippen LogP contribution < -0.4 is 10.1 Å². The van der Waals surface area contributed by atoms with E-state index in [1.165, 1.54) is 0 Å². The van der Waals surface area contributed by atoms with Gasteiger partial charge in [0.15, 0.2) is 0 Å². The van der Waals surface area contributed by atoms with Crippen molar-refractivity contribution in [1.29, 1.82) is 0 Å². The summed E-state index contributed by atoms with van der Waals surface area (Å²) in [6.45, 7) is 6.31. The summed E-state index contributed by atoms with van der Waals surface area (Å²) in [4.78, 5) is 28.8. The van der Waals surface area contributed by atoms with E-state index in [0.29, 0.717) is 19.7 Å². The molecule has 2 aliphatic rings. The van der Waals surface area contributed by atoms with E-state index in [1.54, 1.807) is 0 Å². The molecule has 3 rings (SSSR count).